The highest BCUT2D eigenvalue weighted by Crippen LogP contribution is 2.49. The fraction of sp³-hybridized carbons (Fsp3) is 0.444. The number of nitrogens with one attached hydrogen (secondary N) is 1. The van der Waals surface area contributed by atoms with E-state index in [1.54, 1.807) is 11.9 Å². The zero-order valence-electron chi connectivity index (χ0n) is 19.9. The summed E-state index contributed by atoms with van der Waals surface area (Å²) in [4.78, 5) is 40.7. The van der Waals surface area contributed by atoms with Gasteiger partial charge in [-0.15, -0.1) is 0 Å². The largest absolute Gasteiger partial charge is 0.492 e. The first-order chi connectivity index (χ1) is 17.0. The van der Waals surface area contributed by atoms with E-state index in [0.29, 0.717) is 25.1 Å². The van der Waals surface area contributed by atoms with E-state index < -0.39 is 6.04 Å². The van der Waals surface area contributed by atoms with Gasteiger partial charge in [0.05, 0.1) is 13.2 Å². The normalized spacial score (nSPS) is 19.3. The van der Waals surface area contributed by atoms with Crippen molar-refractivity contribution in [3.8, 4) is 5.75 Å². The second-order valence-electron chi connectivity index (χ2n) is 9.75. The lowest BCUT2D eigenvalue weighted by Gasteiger charge is -2.38. The molecule has 3 aliphatic rings. The fourth-order valence-corrected chi connectivity index (χ4v) is 5.98. The average Bonchev–Trinajstić information content (AvgIpc) is 3.39. The van der Waals surface area contributed by atoms with Crippen LogP contribution in [0.2, 0.25) is 5.02 Å². The number of halogens is 1. The van der Waals surface area contributed by atoms with Gasteiger partial charge >= 0.3 is 0 Å². The SMILES string of the molecule is CNC(=O)C(CCC=O)N1Cc2c(ccc3c2OCC32CCN(Cc3cccc(Cl)c3)CC2)C1=O. The highest BCUT2D eigenvalue weighted by molar-refractivity contribution is 6.30. The van der Waals surface area contributed by atoms with Gasteiger partial charge in [0, 0.05) is 47.1 Å². The van der Waals surface area contributed by atoms with E-state index in [9.17, 15) is 14.4 Å². The Kier molecular flexibility index (Phi) is 6.55. The van der Waals surface area contributed by atoms with Crippen molar-refractivity contribution in [3.63, 3.8) is 0 Å². The summed E-state index contributed by atoms with van der Waals surface area (Å²) < 4.78 is 6.28. The van der Waals surface area contributed by atoms with Crippen LogP contribution in [-0.2, 0) is 28.1 Å². The van der Waals surface area contributed by atoms with E-state index in [1.165, 1.54) is 11.1 Å². The molecule has 1 fully saturated rings. The predicted octanol–water partition coefficient (Wildman–Crippen LogP) is 3.32. The van der Waals surface area contributed by atoms with Gasteiger partial charge in [0.15, 0.2) is 0 Å². The van der Waals surface area contributed by atoms with Crippen LogP contribution in [0.25, 0.3) is 0 Å². The summed E-state index contributed by atoms with van der Waals surface area (Å²) in [6.45, 7) is 3.73. The van der Waals surface area contributed by atoms with Gasteiger partial charge < -0.3 is 19.7 Å². The molecule has 0 bridgehead atoms. The molecule has 5 rings (SSSR count). The molecule has 1 atom stereocenters. The summed E-state index contributed by atoms with van der Waals surface area (Å²) in [6, 6.07) is 11.3. The van der Waals surface area contributed by atoms with Crippen molar-refractivity contribution in [2.45, 2.75) is 50.2 Å². The summed E-state index contributed by atoms with van der Waals surface area (Å²) in [7, 11) is 1.55. The molecule has 8 heteroatoms. The molecule has 7 nitrogen and oxygen atoms in total. The average molecular weight is 496 g/mol. The molecule has 35 heavy (non-hydrogen) atoms. The van der Waals surface area contributed by atoms with Crippen LogP contribution in [0.1, 0.15) is 52.7 Å². The third-order valence-electron chi connectivity index (χ3n) is 7.74. The van der Waals surface area contributed by atoms with Crippen molar-refractivity contribution < 1.29 is 19.1 Å². The monoisotopic (exact) mass is 495 g/mol. The third kappa shape index (κ3) is 4.32. The standard InChI is InChI=1S/C27H30ClN3O4/c1-29-25(33)23(6-3-13-32)31-16-21-20(26(31)34)7-8-22-24(21)35-17-27(22)9-11-30(12-10-27)15-18-4-2-5-19(28)14-18/h2,4-5,7-8,13-14,23H,3,6,9-12,15-17H2,1H3,(H,29,33). The summed E-state index contributed by atoms with van der Waals surface area (Å²) in [5.74, 6) is 0.380. The first-order valence-electron chi connectivity index (χ1n) is 12.2. The molecule has 1 N–H and O–H groups in total. The molecule has 1 saturated heterocycles. The maximum Gasteiger partial charge on any atom is 0.255 e. The number of piperidine rings is 1. The van der Waals surface area contributed by atoms with Crippen molar-refractivity contribution >= 4 is 29.7 Å². The quantitative estimate of drug-likeness (QED) is 0.596. The van der Waals surface area contributed by atoms with Crippen molar-refractivity contribution in [2.24, 2.45) is 0 Å². The Labute approximate surface area is 210 Å². The van der Waals surface area contributed by atoms with Crippen LogP contribution < -0.4 is 10.1 Å². The van der Waals surface area contributed by atoms with Gasteiger partial charge in [-0.3, -0.25) is 14.5 Å². The number of nitrogens with zero attached hydrogens (tertiary/aromatic N) is 2. The second-order valence-corrected chi connectivity index (χ2v) is 10.2. The van der Waals surface area contributed by atoms with Crippen molar-refractivity contribution in [3.05, 3.63) is 63.7 Å². The molecule has 1 unspecified atom stereocenters. The number of rotatable bonds is 7. The number of likely N-dealkylation sites (tertiary alicyclic amines) is 1. The molecule has 2 aromatic rings. The Morgan fingerprint density at radius 2 is 2.06 bits per heavy atom. The van der Waals surface area contributed by atoms with Crippen molar-refractivity contribution in [1.82, 2.24) is 15.1 Å². The molecule has 1 spiro atoms. The molecule has 0 saturated carbocycles. The third-order valence-corrected chi connectivity index (χ3v) is 7.97. The molecule has 184 valence electrons. The van der Waals surface area contributed by atoms with Gasteiger partial charge in [-0.05, 0) is 56.1 Å². The van der Waals surface area contributed by atoms with Gasteiger partial charge in [-0.2, -0.15) is 0 Å². The Balaban J connectivity index is 1.33. The molecule has 2 aromatic carbocycles. The maximum absolute atomic E-state index is 13.2. The van der Waals surface area contributed by atoms with Crippen molar-refractivity contribution in [2.75, 3.05) is 26.7 Å². The molecular formula is C27H30ClN3O4. The summed E-state index contributed by atoms with van der Waals surface area (Å²) in [6.07, 6.45) is 3.28. The van der Waals surface area contributed by atoms with Crippen LogP contribution >= 0.6 is 11.6 Å². The van der Waals surface area contributed by atoms with Crippen LogP contribution in [0.3, 0.4) is 0 Å². The molecule has 2 amide bonds. The lowest BCUT2D eigenvalue weighted by Crippen LogP contribution is -2.46. The van der Waals surface area contributed by atoms with Crippen LogP contribution in [0.5, 0.6) is 5.75 Å². The summed E-state index contributed by atoms with van der Waals surface area (Å²) >= 11 is 6.15. The summed E-state index contributed by atoms with van der Waals surface area (Å²) in [5.41, 5.74) is 3.81. The Hall–Kier alpha value is -2.90. The first-order valence-corrected chi connectivity index (χ1v) is 12.6. The van der Waals surface area contributed by atoms with Gasteiger partial charge in [0.2, 0.25) is 5.91 Å². The molecular weight excluding hydrogens is 466 g/mol. The topological polar surface area (TPSA) is 79.0 Å². The molecule has 3 aliphatic heterocycles. The Morgan fingerprint density at radius 1 is 1.26 bits per heavy atom. The lowest BCUT2D eigenvalue weighted by molar-refractivity contribution is -0.125. The smallest absolute Gasteiger partial charge is 0.255 e. The highest BCUT2D eigenvalue weighted by Gasteiger charge is 2.47. The lowest BCUT2D eigenvalue weighted by atomic mass is 9.74. The van der Waals surface area contributed by atoms with Crippen molar-refractivity contribution in [1.29, 1.82) is 0 Å². The number of benzene rings is 2. The number of fused-ring (bicyclic) bond motifs is 4. The van der Waals surface area contributed by atoms with E-state index in [2.05, 4.69) is 22.3 Å². The number of carbonyl (C=O) groups is 3. The minimum Gasteiger partial charge on any atom is -0.492 e. The first kappa shape index (κ1) is 23.8. The zero-order chi connectivity index (χ0) is 24.6. The Morgan fingerprint density at radius 3 is 2.77 bits per heavy atom. The second kappa shape index (κ2) is 9.63. The number of hydrogen-bond donors (Lipinski definition) is 1. The van der Waals surface area contributed by atoms with E-state index in [1.807, 2.05) is 24.3 Å². The number of ether oxygens (including phenoxy) is 1. The number of amides is 2. The molecule has 0 aromatic heterocycles. The number of likely N-dealkylation sites (N-methyl/N-ethyl adjacent to an activating group) is 1. The number of aldehydes is 1. The van der Waals surface area contributed by atoms with E-state index in [0.717, 1.165) is 55.1 Å². The number of hydrogen-bond acceptors (Lipinski definition) is 5. The molecule has 3 heterocycles. The minimum atomic E-state index is -0.675. The van der Waals surface area contributed by atoms with Crippen LogP contribution in [-0.4, -0.2) is 60.7 Å². The number of carbonyl (C=O) groups excluding carboxylic acids is 3. The van der Waals surface area contributed by atoms with Gasteiger partial charge in [0.25, 0.3) is 5.91 Å². The fourth-order valence-electron chi connectivity index (χ4n) is 5.77. The minimum absolute atomic E-state index is 0.0522. The highest BCUT2D eigenvalue weighted by atomic mass is 35.5. The van der Waals surface area contributed by atoms with Gasteiger partial charge in [-0.1, -0.05) is 29.8 Å². The van der Waals surface area contributed by atoms with Crippen LogP contribution in [0, 0.1) is 0 Å². The molecule has 0 aliphatic carbocycles. The Bertz CT molecular complexity index is 1160. The summed E-state index contributed by atoms with van der Waals surface area (Å²) in [5, 5.41) is 3.39. The van der Waals surface area contributed by atoms with E-state index in [4.69, 9.17) is 16.3 Å². The van der Waals surface area contributed by atoms with E-state index in [-0.39, 0.29) is 23.7 Å². The maximum atomic E-state index is 13.2. The van der Waals surface area contributed by atoms with Crippen LogP contribution in [0.4, 0.5) is 0 Å². The van der Waals surface area contributed by atoms with E-state index >= 15 is 0 Å². The zero-order valence-corrected chi connectivity index (χ0v) is 20.6. The predicted molar refractivity (Wildman–Crippen MR) is 133 cm³/mol. The van der Waals surface area contributed by atoms with Gasteiger partial charge in [0.1, 0.15) is 18.1 Å². The molecule has 0 radical (unpaired) electrons. The van der Waals surface area contributed by atoms with Crippen LogP contribution in [0.15, 0.2) is 36.4 Å². The van der Waals surface area contributed by atoms with Gasteiger partial charge in [-0.25, -0.2) is 0 Å².